The van der Waals surface area contributed by atoms with Crippen LogP contribution in [0, 0.1) is 6.92 Å². The number of ether oxygens (including phenoxy) is 1. The van der Waals surface area contributed by atoms with Gasteiger partial charge >= 0.3 is 5.97 Å². The summed E-state index contributed by atoms with van der Waals surface area (Å²) in [6.45, 7) is 3.71. The third kappa shape index (κ3) is 2.58. The van der Waals surface area contributed by atoms with Gasteiger partial charge in [-0.2, -0.15) is 4.31 Å². The summed E-state index contributed by atoms with van der Waals surface area (Å²) in [5.41, 5.74) is 0.989. The fraction of sp³-hybridized carbons (Fsp3) is 0.500. The number of methoxy groups -OCH3 is 1. The minimum absolute atomic E-state index is 0.203. The molecule has 0 N–H and O–H groups in total. The first kappa shape index (κ1) is 15.0. The van der Waals surface area contributed by atoms with Gasteiger partial charge in [0.1, 0.15) is 6.04 Å². The maximum atomic E-state index is 12.7. The molecule has 1 aromatic carbocycles. The molecule has 2 atom stereocenters. The Bertz CT molecular complexity index is 594. The van der Waals surface area contributed by atoms with Crippen molar-refractivity contribution in [3.8, 4) is 0 Å². The molecule has 0 unspecified atom stereocenters. The Morgan fingerprint density at radius 1 is 1.25 bits per heavy atom. The van der Waals surface area contributed by atoms with E-state index in [1.54, 1.807) is 24.3 Å². The van der Waals surface area contributed by atoms with E-state index in [1.165, 1.54) is 11.4 Å². The van der Waals surface area contributed by atoms with Gasteiger partial charge < -0.3 is 4.74 Å². The number of hydrogen-bond acceptors (Lipinski definition) is 4. The maximum Gasteiger partial charge on any atom is 0.324 e. The summed E-state index contributed by atoms with van der Waals surface area (Å²) in [6, 6.07) is 5.72. The van der Waals surface area contributed by atoms with Gasteiger partial charge in [0.05, 0.1) is 12.0 Å². The van der Waals surface area contributed by atoms with Crippen LogP contribution in [0.3, 0.4) is 0 Å². The number of nitrogens with zero attached hydrogens (tertiary/aromatic N) is 1. The number of aryl methyl sites for hydroxylation is 1. The lowest BCUT2D eigenvalue weighted by Gasteiger charge is -2.26. The number of benzene rings is 1. The molecule has 1 aliphatic rings. The molecule has 1 aliphatic heterocycles. The van der Waals surface area contributed by atoms with E-state index in [9.17, 15) is 13.2 Å². The number of esters is 1. The Balaban J connectivity index is 2.40. The summed E-state index contributed by atoms with van der Waals surface area (Å²) in [7, 11) is -2.40. The lowest BCUT2D eigenvalue weighted by molar-refractivity contribution is -0.144. The van der Waals surface area contributed by atoms with Gasteiger partial charge in [-0.15, -0.1) is 0 Å². The zero-order valence-electron chi connectivity index (χ0n) is 11.9. The quantitative estimate of drug-likeness (QED) is 0.797. The summed E-state index contributed by atoms with van der Waals surface area (Å²) in [4.78, 5) is 12.0. The molecule has 6 heteroatoms. The van der Waals surface area contributed by atoms with E-state index in [2.05, 4.69) is 0 Å². The fourth-order valence-electron chi connectivity index (χ4n) is 2.55. The zero-order chi connectivity index (χ0) is 14.9. The molecule has 0 spiro atoms. The normalized spacial score (nSPS) is 23.8. The van der Waals surface area contributed by atoms with E-state index < -0.39 is 22.0 Å². The van der Waals surface area contributed by atoms with Gasteiger partial charge in [-0.05, 0) is 38.8 Å². The van der Waals surface area contributed by atoms with Gasteiger partial charge in [0.2, 0.25) is 10.0 Å². The topological polar surface area (TPSA) is 63.7 Å². The minimum Gasteiger partial charge on any atom is -0.468 e. The third-order valence-electron chi connectivity index (χ3n) is 3.67. The third-order valence-corrected chi connectivity index (χ3v) is 5.71. The Hall–Kier alpha value is -1.40. The molecule has 0 amide bonds. The highest BCUT2D eigenvalue weighted by atomic mass is 32.2. The SMILES string of the molecule is COC(=O)[C@@H]1CC[C@H](C)N1S(=O)(=O)c1ccc(C)cc1. The first-order chi connectivity index (χ1) is 9.37. The van der Waals surface area contributed by atoms with Crippen LogP contribution in [0.25, 0.3) is 0 Å². The average molecular weight is 297 g/mol. The maximum absolute atomic E-state index is 12.7. The Kier molecular flexibility index (Phi) is 4.15. The molecule has 0 radical (unpaired) electrons. The van der Waals surface area contributed by atoms with Gasteiger partial charge in [0.15, 0.2) is 0 Å². The van der Waals surface area contributed by atoms with Crippen LogP contribution in [-0.2, 0) is 19.6 Å². The van der Waals surface area contributed by atoms with Crippen LogP contribution >= 0.6 is 0 Å². The van der Waals surface area contributed by atoms with Crippen LogP contribution in [0.4, 0.5) is 0 Å². The van der Waals surface area contributed by atoms with Crippen molar-refractivity contribution in [1.29, 1.82) is 0 Å². The second kappa shape index (κ2) is 5.54. The Labute approximate surface area is 119 Å². The molecular weight excluding hydrogens is 278 g/mol. The molecule has 1 saturated heterocycles. The molecule has 1 aromatic rings. The van der Waals surface area contributed by atoms with E-state index in [4.69, 9.17) is 4.74 Å². The van der Waals surface area contributed by atoms with Crippen molar-refractivity contribution in [1.82, 2.24) is 4.31 Å². The fourth-order valence-corrected chi connectivity index (χ4v) is 4.38. The van der Waals surface area contributed by atoms with Crippen LogP contribution in [0.1, 0.15) is 25.3 Å². The highest BCUT2D eigenvalue weighted by molar-refractivity contribution is 7.89. The van der Waals surface area contributed by atoms with E-state index in [0.717, 1.165) is 5.56 Å². The molecule has 0 aliphatic carbocycles. The molecule has 2 rings (SSSR count). The zero-order valence-corrected chi connectivity index (χ0v) is 12.7. The smallest absolute Gasteiger partial charge is 0.324 e. The predicted molar refractivity (Wildman–Crippen MR) is 74.7 cm³/mol. The van der Waals surface area contributed by atoms with Crippen molar-refractivity contribution in [3.63, 3.8) is 0 Å². The van der Waals surface area contributed by atoms with Gasteiger partial charge in [-0.1, -0.05) is 17.7 Å². The van der Waals surface area contributed by atoms with E-state index in [-0.39, 0.29) is 10.9 Å². The Morgan fingerprint density at radius 2 is 1.85 bits per heavy atom. The van der Waals surface area contributed by atoms with E-state index in [1.807, 2.05) is 13.8 Å². The monoisotopic (exact) mass is 297 g/mol. The predicted octanol–water partition coefficient (Wildman–Crippen LogP) is 1.71. The molecule has 1 heterocycles. The average Bonchev–Trinajstić information content (AvgIpc) is 2.81. The highest BCUT2D eigenvalue weighted by Crippen LogP contribution is 2.31. The van der Waals surface area contributed by atoms with Crippen molar-refractivity contribution in [3.05, 3.63) is 29.8 Å². The second-order valence-corrected chi connectivity index (χ2v) is 6.96. The Morgan fingerprint density at radius 3 is 2.40 bits per heavy atom. The summed E-state index contributed by atoms with van der Waals surface area (Å²) < 4.78 is 31.4. The first-order valence-corrected chi connectivity index (χ1v) is 8.00. The number of hydrogen-bond donors (Lipinski definition) is 0. The number of carbonyl (C=O) groups excluding carboxylic acids is 1. The van der Waals surface area contributed by atoms with Crippen LogP contribution < -0.4 is 0 Å². The molecule has 0 saturated carbocycles. The summed E-state index contributed by atoms with van der Waals surface area (Å²) >= 11 is 0. The van der Waals surface area contributed by atoms with Gasteiger partial charge in [0.25, 0.3) is 0 Å². The molecule has 110 valence electrons. The van der Waals surface area contributed by atoms with Crippen LogP contribution in [-0.4, -0.2) is 37.9 Å². The number of rotatable bonds is 3. The van der Waals surface area contributed by atoms with Crippen LogP contribution in [0.2, 0.25) is 0 Å². The van der Waals surface area contributed by atoms with Gasteiger partial charge in [-0.3, -0.25) is 4.79 Å². The van der Waals surface area contributed by atoms with Crippen molar-refractivity contribution in [2.45, 2.75) is 43.7 Å². The largest absolute Gasteiger partial charge is 0.468 e. The van der Waals surface area contributed by atoms with Crippen molar-refractivity contribution < 1.29 is 17.9 Å². The molecule has 1 fully saturated rings. The highest BCUT2D eigenvalue weighted by Gasteiger charge is 2.44. The van der Waals surface area contributed by atoms with Gasteiger partial charge in [-0.25, -0.2) is 8.42 Å². The van der Waals surface area contributed by atoms with E-state index >= 15 is 0 Å². The van der Waals surface area contributed by atoms with E-state index in [0.29, 0.717) is 12.8 Å². The van der Waals surface area contributed by atoms with Crippen molar-refractivity contribution >= 4 is 16.0 Å². The minimum atomic E-state index is -3.68. The standard InChI is InChI=1S/C14H19NO4S/c1-10-4-7-12(8-5-10)20(17,18)15-11(2)6-9-13(15)14(16)19-3/h4-5,7-8,11,13H,6,9H2,1-3H3/t11-,13-/m0/s1. The van der Waals surface area contributed by atoms with Crippen molar-refractivity contribution in [2.75, 3.05) is 7.11 Å². The van der Waals surface area contributed by atoms with Crippen LogP contribution in [0.15, 0.2) is 29.2 Å². The van der Waals surface area contributed by atoms with Crippen molar-refractivity contribution in [2.24, 2.45) is 0 Å². The summed E-state index contributed by atoms with van der Waals surface area (Å²) in [5, 5.41) is 0. The summed E-state index contributed by atoms with van der Waals surface area (Å²) in [6.07, 6.45) is 1.16. The number of sulfonamides is 1. The van der Waals surface area contributed by atoms with Gasteiger partial charge in [0, 0.05) is 6.04 Å². The molecule has 5 nitrogen and oxygen atoms in total. The lowest BCUT2D eigenvalue weighted by atomic mass is 10.2. The lowest BCUT2D eigenvalue weighted by Crippen LogP contribution is -2.44. The van der Waals surface area contributed by atoms with Crippen LogP contribution in [0.5, 0.6) is 0 Å². The molecular formula is C14H19NO4S. The molecule has 0 aromatic heterocycles. The second-order valence-electron chi connectivity index (χ2n) is 5.11. The molecule has 0 bridgehead atoms. The number of carbonyl (C=O) groups is 1. The first-order valence-electron chi connectivity index (χ1n) is 6.56. The molecule has 20 heavy (non-hydrogen) atoms. The summed E-state index contributed by atoms with van der Waals surface area (Å²) in [5.74, 6) is -0.495.